The largest absolute Gasteiger partial charge is 0.443 e. The first-order valence-corrected chi connectivity index (χ1v) is 6.16. The van der Waals surface area contributed by atoms with Gasteiger partial charge in [-0.1, -0.05) is 0 Å². The van der Waals surface area contributed by atoms with E-state index in [9.17, 15) is 4.79 Å². The van der Waals surface area contributed by atoms with E-state index >= 15 is 0 Å². The Morgan fingerprint density at radius 2 is 2.05 bits per heavy atom. The molecule has 1 amide bonds. The number of carbonyl (C=O) groups is 1. The smallest absolute Gasteiger partial charge is 0.414 e. The lowest BCUT2D eigenvalue weighted by atomic mass is 10.2. The molecule has 0 atom stereocenters. The quantitative estimate of drug-likeness (QED) is 0.793. The summed E-state index contributed by atoms with van der Waals surface area (Å²) in [5, 5.41) is 5.23. The van der Waals surface area contributed by atoms with E-state index in [0.717, 1.165) is 16.6 Å². The predicted octanol–water partition coefficient (Wildman–Crippen LogP) is 2.94. The number of carbonyl (C=O) groups excluding carboxylic acids is 1. The number of aromatic nitrogens is 2. The van der Waals surface area contributed by atoms with Gasteiger partial charge in [0.05, 0.1) is 11.7 Å². The summed E-state index contributed by atoms with van der Waals surface area (Å²) >= 11 is 0. The zero-order valence-corrected chi connectivity index (χ0v) is 12.0. The number of hydrogen-bond acceptors (Lipinski definition) is 3. The standard InChI is InChI=1S/C14H19N3O2/c1-14(2,3)19-13(18)16(4)11-7-6-10-9-15-17(5)12(10)8-11/h6-9H,1-5H3. The van der Waals surface area contributed by atoms with E-state index in [2.05, 4.69) is 5.10 Å². The van der Waals surface area contributed by atoms with Gasteiger partial charge in [0.1, 0.15) is 5.60 Å². The van der Waals surface area contributed by atoms with Crippen LogP contribution >= 0.6 is 0 Å². The highest BCUT2D eigenvalue weighted by Gasteiger charge is 2.20. The summed E-state index contributed by atoms with van der Waals surface area (Å²) in [7, 11) is 3.57. The van der Waals surface area contributed by atoms with E-state index in [-0.39, 0.29) is 6.09 Å². The highest BCUT2D eigenvalue weighted by molar-refractivity contribution is 5.91. The van der Waals surface area contributed by atoms with Gasteiger partial charge in [0, 0.05) is 25.2 Å². The molecule has 0 aliphatic rings. The van der Waals surface area contributed by atoms with Crippen molar-refractivity contribution in [1.82, 2.24) is 9.78 Å². The van der Waals surface area contributed by atoms with Crippen molar-refractivity contribution in [3.8, 4) is 0 Å². The number of aryl methyl sites for hydroxylation is 1. The van der Waals surface area contributed by atoms with Gasteiger partial charge in [-0.05, 0) is 39.0 Å². The van der Waals surface area contributed by atoms with E-state index in [0.29, 0.717) is 0 Å². The second-order valence-electron chi connectivity index (χ2n) is 5.55. The van der Waals surface area contributed by atoms with Gasteiger partial charge in [0.2, 0.25) is 0 Å². The number of hydrogen-bond donors (Lipinski definition) is 0. The van der Waals surface area contributed by atoms with Crippen LogP contribution in [-0.2, 0) is 11.8 Å². The van der Waals surface area contributed by atoms with Crippen LogP contribution in [0.5, 0.6) is 0 Å². The first-order valence-electron chi connectivity index (χ1n) is 6.16. The molecule has 1 heterocycles. The van der Waals surface area contributed by atoms with Gasteiger partial charge in [0.15, 0.2) is 0 Å². The monoisotopic (exact) mass is 261 g/mol. The van der Waals surface area contributed by atoms with Crippen molar-refractivity contribution in [2.24, 2.45) is 7.05 Å². The van der Waals surface area contributed by atoms with Gasteiger partial charge in [-0.2, -0.15) is 5.10 Å². The summed E-state index contributed by atoms with van der Waals surface area (Å²) in [6, 6.07) is 5.75. The maximum absolute atomic E-state index is 12.0. The lowest BCUT2D eigenvalue weighted by Crippen LogP contribution is -2.34. The molecule has 0 aliphatic carbocycles. The van der Waals surface area contributed by atoms with Gasteiger partial charge in [-0.25, -0.2) is 4.79 Å². The van der Waals surface area contributed by atoms with Crippen LogP contribution in [0.25, 0.3) is 10.9 Å². The normalized spacial score (nSPS) is 11.6. The molecule has 19 heavy (non-hydrogen) atoms. The third kappa shape index (κ3) is 2.86. The van der Waals surface area contributed by atoms with Crippen LogP contribution in [0.15, 0.2) is 24.4 Å². The van der Waals surface area contributed by atoms with Crippen molar-refractivity contribution >= 4 is 22.7 Å². The van der Waals surface area contributed by atoms with Crippen molar-refractivity contribution in [3.63, 3.8) is 0 Å². The molecule has 2 rings (SSSR count). The highest BCUT2D eigenvalue weighted by Crippen LogP contribution is 2.22. The molecule has 2 aromatic rings. The van der Waals surface area contributed by atoms with Gasteiger partial charge >= 0.3 is 6.09 Å². The van der Waals surface area contributed by atoms with Gasteiger partial charge < -0.3 is 4.74 Å². The van der Waals surface area contributed by atoms with Crippen LogP contribution in [0.2, 0.25) is 0 Å². The molecule has 0 bridgehead atoms. The third-order valence-corrected chi connectivity index (χ3v) is 2.79. The van der Waals surface area contributed by atoms with Crippen LogP contribution in [0, 0.1) is 0 Å². The molecule has 0 N–H and O–H groups in total. The average molecular weight is 261 g/mol. The van der Waals surface area contributed by atoms with Crippen molar-refractivity contribution in [1.29, 1.82) is 0 Å². The minimum Gasteiger partial charge on any atom is -0.443 e. The fourth-order valence-corrected chi connectivity index (χ4v) is 1.78. The summed E-state index contributed by atoms with van der Waals surface area (Å²) in [5.41, 5.74) is 1.26. The second-order valence-corrected chi connectivity index (χ2v) is 5.55. The lowest BCUT2D eigenvalue weighted by Gasteiger charge is -2.24. The van der Waals surface area contributed by atoms with Crippen LogP contribution < -0.4 is 4.90 Å². The van der Waals surface area contributed by atoms with E-state index in [4.69, 9.17) is 4.74 Å². The predicted molar refractivity (Wildman–Crippen MR) is 75.4 cm³/mol. The third-order valence-electron chi connectivity index (χ3n) is 2.79. The molecule has 5 nitrogen and oxygen atoms in total. The molecule has 5 heteroatoms. The molecule has 0 aliphatic heterocycles. The molecular weight excluding hydrogens is 242 g/mol. The van der Waals surface area contributed by atoms with E-state index in [1.807, 2.05) is 46.0 Å². The molecule has 0 unspecified atom stereocenters. The number of anilines is 1. The lowest BCUT2D eigenvalue weighted by molar-refractivity contribution is 0.0589. The number of fused-ring (bicyclic) bond motifs is 1. The SMILES string of the molecule is CN(C(=O)OC(C)(C)C)c1ccc2cnn(C)c2c1. The summed E-state index contributed by atoms with van der Waals surface area (Å²) < 4.78 is 7.12. The maximum Gasteiger partial charge on any atom is 0.414 e. The molecule has 0 radical (unpaired) electrons. The number of ether oxygens (including phenoxy) is 1. The average Bonchev–Trinajstić information content (AvgIpc) is 2.67. The number of amides is 1. The Kier molecular flexibility index (Phi) is 3.22. The first-order chi connectivity index (χ1) is 8.78. The zero-order chi connectivity index (χ0) is 14.2. The van der Waals surface area contributed by atoms with Crippen molar-refractivity contribution in [2.75, 3.05) is 11.9 Å². The fraction of sp³-hybridized carbons (Fsp3) is 0.429. The minimum absolute atomic E-state index is 0.367. The first kappa shape index (κ1) is 13.4. The van der Waals surface area contributed by atoms with Gasteiger partial charge in [-0.3, -0.25) is 9.58 Å². The van der Waals surface area contributed by atoms with Crippen LogP contribution in [0.3, 0.4) is 0 Å². The Balaban J connectivity index is 2.28. The summed E-state index contributed by atoms with van der Waals surface area (Å²) in [6.45, 7) is 5.55. The molecule has 0 saturated heterocycles. The molecule has 1 aromatic carbocycles. The van der Waals surface area contributed by atoms with Gasteiger partial charge in [-0.15, -0.1) is 0 Å². The molecular formula is C14H19N3O2. The molecule has 1 aromatic heterocycles. The fourth-order valence-electron chi connectivity index (χ4n) is 1.78. The Morgan fingerprint density at radius 1 is 1.37 bits per heavy atom. The Morgan fingerprint density at radius 3 is 2.68 bits per heavy atom. The Bertz CT molecular complexity index is 611. The van der Waals surface area contributed by atoms with Crippen molar-refractivity contribution < 1.29 is 9.53 Å². The topological polar surface area (TPSA) is 47.4 Å². The van der Waals surface area contributed by atoms with Gasteiger partial charge in [0.25, 0.3) is 0 Å². The van der Waals surface area contributed by atoms with Crippen molar-refractivity contribution in [2.45, 2.75) is 26.4 Å². The number of nitrogens with zero attached hydrogens (tertiary/aromatic N) is 3. The van der Waals surface area contributed by atoms with Crippen LogP contribution in [0.1, 0.15) is 20.8 Å². The summed E-state index contributed by atoms with van der Waals surface area (Å²) in [5.74, 6) is 0. The Hall–Kier alpha value is -2.04. The van der Waals surface area contributed by atoms with E-state index in [1.165, 1.54) is 4.90 Å². The second kappa shape index (κ2) is 4.57. The van der Waals surface area contributed by atoms with E-state index in [1.54, 1.807) is 17.9 Å². The zero-order valence-electron chi connectivity index (χ0n) is 12.0. The summed E-state index contributed by atoms with van der Waals surface area (Å²) in [6.07, 6.45) is 1.43. The minimum atomic E-state index is -0.498. The Labute approximate surface area is 112 Å². The van der Waals surface area contributed by atoms with Crippen LogP contribution in [-0.4, -0.2) is 28.5 Å². The molecule has 102 valence electrons. The molecule has 0 fully saturated rings. The van der Waals surface area contributed by atoms with Crippen LogP contribution in [0.4, 0.5) is 10.5 Å². The van der Waals surface area contributed by atoms with E-state index < -0.39 is 5.60 Å². The number of rotatable bonds is 1. The van der Waals surface area contributed by atoms with Crippen molar-refractivity contribution in [3.05, 3.63) is 24.4 Å². The highest BCUT2D eigenvalue weighted by atomic mass is 16.6. The summed E-state index contributed by atoms with van der Waals surface area (Å²) in [4.78, 5) is 13.5. The molecule has 0 spiro atoms. The molecule has 0 saturated carbocycles. The number of benzene rings is 1. The maximum atomic E-state index is 12.0.